The molecule has 1 unspecified atom stereocenters. The minimum atomic E-state index is -1.41. The van der Waals surface area contributed by atoms with Gasteiger partial charge in [0.25, 0.3) is 5.91 Å². The van der Waals surface area contributed by atoms with Crippen LogP contribution in [0.2, 0.25) is 0 Å². The zero-order valence-electron chi connectivity index (χ0n) is 11.3. The predicted molar refractivity (Wildman–Crippen MR) is 71.7 cm³/mol. The van der Waals surface area contributed by atoms with Gasteiger partial charge in [0, 0.05) is 0 Å². The summed E-state index contributed by atoms with van der Waals surface area (Å²) in [5.41, 5.74) is 0.794. The van der Waals surface area contributed by atoms with E-state index in [0.717, 1.165) is 7.11 Å². The lowest BCUT2D eigenvalue weighted by molar-refractivity contribution is -0.149. The molecule has 110 valence electrons. The molecular formula is C13H14N4O4. The Morgan fingerprint density at radius 2 is 2.10 bits per heavy atom. The van der Waals surface area contributed by atoms with Crippen LogP contribution >= 0.6 is 0 Å². The summed E-state index contributed by atoms with van der Waals surface area (Å²) in [4.78, 5) is 24.1. The molecule has 1 aromatic heterocycles. The molecule has 21 heavy (non-hydrogen) atoms. The average Bonchev–Trinajstić information content (AvgIpc) is 3.02. The van der Waals surface area contributed by atoms with Gasteiger partial charge in [-0.05, 0) is 12.1 Å². The summed E-state index contributed by atoms with van der Waals surface area (Å²) in [5.74, 6) is -1.36. The van der Waals surface area contributed by atoms with Crippen LogP contribution in [0.3, 0.4) is 0 Å². The number of amides is 1. The number of para-hydroxylation sites is 1. The number of nitrogens with zero attached hydrogens (tertiary/aromatic N) is 3. The number of hydrogen-bond donors (Lipinski definition) is 2. The fraction of sp³-hybridized carbons (Fsp3) is 0.231. The number of aliphatic hydroxyl groups excluding tert-OH is 1. The van der Waals surface area contributed by atoms with Crippen molar-refractivity contribution in [1.29, 1.82) is 0 Å². The molecule has 1 aromatic carbocycles. The highest BCUT2D eigenvalue weighted by molar-refractivity contribution is 5.92. The van der Waals surface area contributed by atoms with E-state index in [1.807, 2.05) is 18.2 Å². The van der Waals surface area contributed by atoms with E-state index < -0.39 is 18.0 Å². The number of rotatable bonds is 5. The third kappa shape index (κ3) is 3.63. The number of methoxy groups -OCH3 is 1. The third-order valence-corrected chi connectivity index (χ3v) is 2.64. The van der Waals surface area contributed by atoms with Gasteiger partial charge >= 0.3 is 5.97 Å². The second kappa shape index (κ2) is 6.62. The molecule has 0 fully saturated rings. The van der Waals surface area contributed by atoms with Crippen LogP contribution in [0.1, 0.15) is 10.5 Å². The van der Waals surface area contributed by atoms with Crippen LogP contribution in [-0.2, 0) is 9.53 Å². The molecule has 0 saturated heterocycles. The number of benzene rings is 1. The molecule has 0 bridgehead atoms. The van der Waals surface area contributed by atoms with E-state index in [4.69, 9.17) is 0 Å². The van der Waals surface area contributed by atoms with Gasteiger partial charge in [-0.15, -0.1) is 5.10 Å². The zero-order valence-corrected chi connectivity index (χ0v) is 11.3. The maximum Gasteiger partial charge on any atom is 0.336 e. The second-order valence-corrected chi connectivity index (χ2v) is 4.10. The van der Waals surface area contributed by atoms with Gasteiger partial charge in [0.05, 0.1) is 25.5 Å². The van der Waals surface area contributed by atoms with Gasteiger partial charge in [-0.3, -0.25) is 4.79 Å². The molecule has 0 aliphatic heterocycles. The largest absolute Gasteiger partial charge is 0.467 e. The van der Waals surface area contributed by atoms with E-state index in [-0.39, 0.29) is 12.2 Å². The zero-order chi connectivity index (χ0) is 15.2. The minimum Gasteiger partial charge on any atom is -0.467 e. The minimum absolute atomic E-state index is 0.0796. The van der Waals surface area contributed by atoms with Crippen molar-refractivity contribution in [2.45, 2.75) is 6.10 Å². The Kier molecular flexibility index (Phi) is 4.62. The maximum atomic E-state index is 11.8. The molecule has 2 rings (SSSR count). The number of carbonyl (C=O) groups excluding carboxylic acids is 2. The van der Waals surface area contributed by atoms with Crippen molar-refractivity contribution in [3.8, 4) is 5.69 Å². The van der Waals surface area contributed by atoms with Crippen LogP contribution < -0.4 is 5.32 Å². The molecular weight excluding hydrogens is 276 g/mol. The molecule has 1 amide bonds. The van der Waals surface area contributed by atoms with Gasteiger partial charge in [-0.25, -0.2) is 4.79 Å². The quantitative estimate of drug-likeness (QED) is 0.721. The number of aliphatic hydroxyl groups is 1. The first-order chi connectivity index (χ1) is 10.1. The van der Waals surface area contributed by atoms with Gasteiger partial charge in [0.15, 0.2) is 11.8 Å². The van der Waals surface area contributed by atoms with Crippen LogP contribution in [0.25, 0.3) is 5.69 Å². The summed E-state index contributed by atoms with van der Waals surface area (Å²) >= 11 is 0. The molecule has 0 saturated carbocycles. The van der Waals surface area contributed by atoms with Crippen LogP contribution in [-0.4, -0.2) is 51.7 Å². The Labute approximate surface area is 120 Å². The highest BCUT2D eigenvalue weighted by Gasteiger charge is 2.18. The summed E-state index contributed by atoms with van der Waals surface area (Å²) in [5, 5.41) is 19.7. The van der Waals surface area contributed by atoms with Crippen molar-refractivity contribution in [2.75, 3.05) is 13.7 Å². The summed E-state index contributed by atoms with van der Waals surface area (Å²) in [6.07, 6.45) is -0.115. The van der Waals surface area contributed by atoms with Crippen molar-refractivity contribution in [3.05, 3.63) is 42.2 Å². The molecule has 0 aliphatic carbocycles. The Bertz CT molecular complexity index is 626. The van der Waals surface area contributed by atoms with Crippen LogP contribution in [0, 0.1) is 0 Å². The molecule has 2 aromatic rings. The van der Waals surface area contributed by atoms with E-state index in [2.05, 4.69) is 20.3 Å². The normalized spacial score (nSPS) is 11.7. The number of esters is 1. The number of hydrogen-bond acceptors (Lipinski definition) is 6. The standard InChI is InChI=1S/C13H14N4O4/c1-21-13(20)11(18)8-14-12(19)10-7-15-17(16-10)9-5-3-2-4-6-9/h2-7,11,18H,8H2,1H3,(H,14,19). The summed E-state index contributed by atoms with van der Waals surface area (Å²) < 4.78 is 4.34. The molecule has 1 atom stereocenters. The van der Waals surface area contributed by atoms with Gasteiger partial charge in [-0.2, -0.15) is 9.90 Å². The van der Waals surface area contributed by atoms with E-state index >= 15 is 0 Å². The topological polar surface area (TPSA) is 106 Å². The fourth-order valence-corrected chi connectivity index (χ4v) is 1.55. The van der Waals surface area contributed by atoms with Crippen LogP contribution in [0.4, 0.5) is 0 Å². The number of aromatic nitrogens is 3. The molecule has 0 aliphatic rings. The lowest BCUT2D eigenvalue weighted by Gasteiger charge is -2.08. The number of nitrogens with one attached hydrogen (secondary N) is 1. The van der Waals surface area contributed by atoms with Crippen molar-refractivity contribution in [1.82, 2.24) is 20.3 Å². The third-order valence-electron chi connectivity index (χ3n) is 2.64. The maximum absolute atomic E-state index is 11.8. The molecule has 8 nitrogen and oxygen atoms in total. The van der Waals surface area contributed by atoms with Crippen molar-refractivity contribution in [3.63, 3.8) is 0 Å². The van der Waals surface area contributed by atoms with Crippen molar-refractivity contribution in [2.24, 2.45) is 0 Å². The smallest absolute Gasteiger partial charge is 0.336 e. The first-order valence-electron chi connectivity index (χ1n) is 6.13. The summed E-state index contributed by atoms with van der Waals surface area (Å²) in [6.45, 7) is -0.260. The molecule has 0 spiro atoms. The monoisotopic (exact) mass is 290 g/mol. The number of ether oxygens (including phenoxy) is 1. The molecule has 8 heteroatoms. The van der Waals surface area contributed by atoms with Crippen molar-refractivity contribution >= 4 is 11.9 Å². The highest BCUT2D eigenvalue weighted by Crippen LogP contribution is 2.04. The molecule has 0 radical (unpaired) electrons. The SMILES string of the molecule is COC(=O)C(O)CNC(=O)c1cnn(-c2ccccc2)n1. The van der Waals surface area contributed by atoms with E-state index in [1.165, 1.54) is 11.0 Å². The van der Waals surface area contributed by atoms with E-state index in [0.29, 0.717) is 5.69 Å². The van der Waals surface area contributed by atoms with Gasteiger partial charge < -0.3 is 15.2 Å². The second-order valence-electron chi connectivity index (χ2n) is 4.10. The highest BCUT2D eigenvalue weighted by atomic mass is 16.5. The Hall–Kier alpha value is -2.74. The Morgan fingerprint density at radius 3 is 2.76 bits per heavy atom. The van der Waals surface area contributed by atoms with Crippen molar-refractivity contribution < 1.29 is 19.4 Å². The fourth-order valence-electron chi connectivity index (χ4n) is 1.55. The molecule has 1 heterocycles. The van der Waals surface area contributed by atoms with E-state index in [1.54, 1.807) is 12.1 Å². The van der Waals surface area contributed by atoms with Crippen LogP contribution in [0.5, 0.6) is 0 Å². The number of carbonyl (C=O) groups is 2. The first-order valence-corrected chi connectivity index (χ1v) is 6.13. The predicted octanol–water partition coefficient (Wildman–Crippen LogP) is -0.469. The van der Waals surface area contributed by atoms with Crippen LogP contribution in [0.15, 0.2) is 36.5 Å². The lowest BCUT2D eigenvalue weighted by atomic mass is 10.3. The van der Waals surface area contributed by atoms with Gasteiger partial charge in [0.2, 0.25) is 0 Å². The van der Waals surface area contributed by atoms with Gasteiger partial charge in [-0.1, -0.05) is 18.2 Å². The summed E-state index contributed by atoms with van der Waals surface area (Å²) in [7, 11) is 1.15. The molecule has 2 N–H and O–H groups in total. The average molecular weight is 290 g/mol. The Balaban J connectivity index is 1.98. The first kappa shape index (κ1) is 14.7. The lowest BCUT2D eigenvalue weighted by Crippen LogP contribution is -2.37. The van der Waals surface area contributed by atoms with Gasteiger partial charge in [0.1, 0.15) is 0 Å². The summed E-state index contributed by atoms with van der Waals surface area (Å²) in [6, 6.07) is 9.09. The Morgan fingerprint density at radius 1 is 1.38 bits per heavy atom. The van der Waals surface area contributed by atoms with E-state index in [9.17, 15) is 14.7 Å².